The van der Waals surface area contributed by atoms with E-state index in [2.05, 4.69) is 10.3 Å². The number of nitrogens with one attached hydrogen (secondary N) is 1. The van der Waals surface area contributed by atoms with E-state index in [1.807, 2.05) is 13.0 Å². The molecule has 2 heterocycles. The molecule has 1 N–H and O–H groups in total. The summed E-state index contributed by atoms with van der Waals surface area (Å²) in [5, 5.41) is 3.05. The first-order valence-electron chi connectivity index (χ1n) is 6.63. The normalized spacial score (nSPS) is 12.2. The first-order chi connectivity index (χ1) is 9.52. The summed E-state index contributed by atoms with van der Waals surface area (Å²) in [6, 6.07) is 5.41. The molecule has 2 aromatic rings. The molecule has 0 atom stereocenters. The molecule has 0 aromatic carbocycles. The Bertz CT molecular complexity index is 693. The molecule has 110 valence electrons. The molecule has 2 rings (SSSR count). The highest BCUT2D eigenvalue weighted by atomic mass is 32.2. The second-order valence-corrected chi connectivity index (χ2v) is 6.58. The van der Waals surface area contributed by atoms with Crippen LogP contribution in [0, 0.1) is 0 Å². The summed E-state index contributed by atoms with van der Waals surface area (Å²) in [6.07, 6.45) is 3.50. The molecule has 0 radical (unpaired) electrons. The Morgan fingerprint density at radius 2 is 2.15 bits per heavy atom. The molecule has 0 aliphatic carbocycles. The highest BCUT2D eigenvalue weighted by Crippen LogP contribution is 2.25. The zero-order chi connectivity index (χ0) is 14.8. The molecule has 6 nitrogen and oxygen atoms in total. The second-order valence-electron chi connectivity index (χ2n) is 4.62. The lowest BCUT2D eigenvalue weighted by molar-refractivity contribution is 0.456. The van der Waals surface area contributed by atoms with Crippen LogP contribution < -0.4 is 5.32 Å². The van der Waals surface area contributed by atoms with E-state index in [-0.39, 0.29) is 5.03 Å². The van der Waals surface area contributed by atoms with Gasteiger partial charge in [-0.1, -0.05) is 19.4 Å². The Labute approximate surface area is 119 Å². The predicted octanol–water partition coefficient (Wildman–Crippen LogP) is 1.80. The van der Waals surface area contributed by atoms with Gasteiger partial charge >= 0.3 is 0 Å². The number of anilines is 1. The zero-order valence-corrected chi connectivity index (χ0v) is 12.8. The molecule has 0 saturated heterocycles. The first kappa shape index (κ1) is 14.8. The van der Waals surface area contributed by atoms with Crippen LogP contribution in [0.3, 0.4) is 0 Å². The Morgan fingerprint density at radius 1 is 1.40 bits per heavy atom. The molecule has 0 unspecified atom stereocenters. The zero-order valence-electron chi connectivity index (χ0n) is 12.0. The average molecular weight is 296 g/mol. The number of fused-ring (bicyclic) bond motifs is 1. The Kier molecular flexibility index (Phi) is 4.29. The van der Waals surface area contributed by atoms with Crippen LogP contribution in [0.1, 0.15) is 19.8 Å². The minimum Gasteiger partial charge on any atom is -0.371 e. The number of aromatic nitrogens is 2. The van der Waals surface area contributed by atoms with Gasteiger partial charge in [-0.05, 0) is 18.6 Å². The van der Waals surface area contributed by atoms with E-state index in [1.165, 1.54) is 4.31 Å². The fourth-order valence-electron chi connectivity index (χ4n) is 2.03. The van der Waals surface area contributed by atoms with Crippen LogP contribution in [-0.2, 0) is 10.0 Å². The molecule has 0 fully saturated rings. The fourth-order valence-corrected chi connectivity index (χ4v) is 3.49. The molecule has 7 heteroatoms. The summed E-state index contributed by atoms with van der Waals surface area (Å²) in [5.41, 5.74) is 0.610. The van der Waals surface area contributed by atoms with Crippen LogP contribution in [0.5, 0.6) is 0 Å². The largest absolute Gasteiger partial charge is 0.371 e. The maximum absolute atomic E-state index is 12.7. The van der Waals surface area contributed by atoms with E-state index in [9.17, 15) is 8.42 Å². The number of rotatable bonds is 6. The van der Waals surface area contributed by atoms with E-state index in [0.717, 1.165) is 12.8 Å². The number of imidazole rings is 1. The molecule has 2 aromatic heterocycles. The van der Waals surface area contributed by atoms with Gasteiger partial charge < -0.3 is 5.32 Å². The Morgan fingerprint density at radius 3 is 2.80 bits per heavy atom. The third-order valence-corrected chi connectivity index (χ3v) is 5.09. The summed E-state index contributed by atoms with van der Waals surface area (Å²) in [5.74, 6) is 0.375. The quantitative estimate of drug-likeness (QED) is 0.882. The lowest BCUT2D eigenvalue weighted by Gasteiger charge is -2.17. The SMILES string of the molecule is CCCCN(C)S(=O)(=O)c1c(NC)nc2ccccn12. The number of unbranched alkanes of at least 4 members (excludes halogenated alkanes) is 1. The van der Waals surface area contributed by atoms with Gasteiger partial charge in [-0.3, -0.25) is 4.40 Å². The summed E-state index contributed by atoms with van der Waals surface area (Å²) < 4.78 is 28.4. The van der Waals surface area contributed by atoms with Crippen molar-refractivity contribution in [1.29, 1.82) is 0 Å². The van der Waals surface area contributed by atoms with Crippen molar-refractivity contribution in [3.63, 3.8) is 0 Å². The van der Waals surface area contributed by atoms with Crippen LogP contribution in [0.15, 0.2) is 29.4 Å². The molecule has 0 spiro atoms. The number of sulfonamides is 1. The number of hydrogen-bond acceptors (Lipinski definition) is 4. The van der Waals surface area contributed by atoms with Gasteiger partial charge in [0, 0.05) is 26.8 Å². The highest BCUT2D eigenvalue weighted by molar-refractivity contribution is 7.89. The van der Waals surface area contributed by atoms with E-state index < -0.39 is 10.0 Å². The molecule has 0 aliphatic heterocycles. The van der Waals surface area contributed by atoms with Crippen molar-refractivity contribution in [3.05, 3.63) is 24.4 Å². The lowest BCUT2D eigenvalue weighted by atomic mass is 10.3. The van der Waals surface area contributed by atoms with Crippen molar-refractivity contribution in [3.8, 4) is 0 Å². The monoisotopic (exact) mass is 296 g/mol. The summed E-state index contributed by atoms with van der Waals surface area (Å²) in [4.78, 5) is 4.31. The van der Waals surface area contributed by atoms with Crippen molar-refractivity contribution >= 4 is 21.5 Å². The summed E-state index contributed by atoms with van der Waals surface area (Å²) in [7, 11) is -0.289. The van der Waals surface area contributed by atoms with Gasteiger partial charge in [0.25, 0.3) is 10.0 Å². The van der Waals surface area contributed by atoms with E-state index in [1.54, 1.807) is 36.8 Å². The number of nitrogens with zero attached hydrogens (tertiary/aromatic N) is 3. The molecule has 20 heavy (non-hydrogen) atoms. The number of pyridine rings is 1. The molecule has 0 amide bonds. The highest BCUT2D eigenvalue weighted by Gasteiger charge is 2.28. The van der Waals surface area contributed by atoms with Gasteiger partial charge in [0.1, 0.15) is 5.65 Å². The first-order valence-corrected chi connectivity index (χ1v) is 8.07. The van der Waals surface area contributed by atoms with Crippen LogP contribution in [0.25, 0.3) is 5.65 Å². The van der Waals surface area contributed by atoms with Crippen LogP contribution in [0.2, 0.25) is 0 Å². The topological polar surface area (TPSA) is 66.7 Å². The van der Waals surface area contributed by atoms with E-state index in [4.69, 9.17) is 0 Å². The fraction of sp³-hybridized carbons (Fsp3) is 0.462. The van der Waals surface area contributed by atoms with Gasteiger partial charge in [0.15, 0.2) is 10.8 Å². The molecular formula is C13H20N4O2S. The smallest absolute Gasteiger partial charge is 0.262 e. The summed E-state index contributed by atoms with van der Waals surface area (Å²) >= 11 is 0. The minimum atomic E-state index is -3.57. The maximum Gasteiger partial charge on any atom is 0.262 e. The molecular weight excluding hydrogens is 276 g/mol. The Balaban J connectivity index is 2.55. The van der Waals surface area contributed by atoms with Crippen molar-refractivity contribution in [2.75, 3.05) is 26.0 Å². The van der Waals surface area contributed by atoms with Crippen LogP contribution >= 0.6 is 0 Å². The van der Waals surface area contributed by atoms with Crippen LogP contribution in [-0.4, -0.2) is 42.7 Å². The average Bonchev–Trinajstić information content (AvgIpc) is 2.83. The van der Waals surface area contributed by atoms with Crippen molar-refractivity contribution in [1.82, 2.24) is 13.7 Å². The third kappa shape index (κ3) is 2.51. The van der Waals surface area contributed by atoms with Crippen LogP contribution in [0.4, 0.5) is 5.82 Å². The van der Waals surface area contributed by atoms with E-state index >= 15 is 0 Å². The molecule has 0 saturated carbocycles. The van der Waals surface area contributed by atoms with E-state index in [0.29, 0.717) is 18.0 Å². The van der Waals surface area contributed by atoms with Gasteiger partial charge in [-0.25, -0.2) is 13.4 Å². The lowest BCUT2D eigenvalue weighted by Crippen LogP contribution is -2.29. The van der Waals surface area contributed by atoms with Crippen molar-refractivity contribution < 1.29 is 8.42 Å². The third-order valence-electron chi connectivity index (χ3n) is 3.20. The molecule has 0 aliphatic rings. The van der Waals surface area contributed by atoms with Crippen molar-refractivity contribution in [2.45, 2.75) is 24.8 Å². The second kappa shape index (κ2) is 5.80. The van der Waals surface area contributed by atoms with Gasteiger partial charge in [-0.15, -0.1) is 0 Å². The summed E-state index contributed by atoms with van der Waals surface area (Å²) in [6.45, 7) is 2.54. The van der Waals surface area contributed by atoms with Gasteiger partial charge in [-0.2, -0.15) is 4.31 Å². The van der Waals surface area contributed by atoms with Gasteiger partial charge in [0.2, 0.25) is 0 Å². The number of hydrogen-bond donors (Lipinski definition) is 1. The minimum absolute atomic E-state index is 0.189. The Hall–Kier alpha value is -1.60. The maximum atomic E-state index is 12.7. The molecule has 0 bridgehead atoms. The van der Waals surface area contributed by atoms with Gasteiger partial charge in [0.05, 0.1) is 0 Å². The van der Waals surface area contributed by atoms with Crippen molar-refractivity contribution in [2.24, 2.45) is 0 Å². The standard InChI is InChI=1S/C13H20N4O2S/c1-4-5-9-16(3)20(18,19)13-12(14-2)15-11-8-6-7-10-17(11)13/h6-8,10,14H,4-5,9H2,1-3H3. The predicted molar refractivity (Wildman–Crippen MR) is 79.5 cm³/mol.